The first-order valence-corrected chi connectivity index (χ1v) is 11.7. The summed E-state index contributed by atoms with van der Waals surface area (Å²) in [6.45, 7) is 8.04. The van der Waals surface area contributed by atoms with Crippen LogP contribution in [0, 0.1) is 13.8 Å². The number of hydrogen-bond acceptors (Lipinski definition) is 8. The van der Waals surface area contributed by atoms with Gasteiger partial charge in [-0.3, -0.25) is 5.10 Å². The van der Waals surface area contributed by atoms with Crippen molar-refractivity contribution in [2.24, 2.45) is 5.73 Å². The van der Waals surface area contributed by atoms with Crippen molar-refractivity contribution in [3.63, 3.8) is 0 Å². The molecule has 1 fully saturated rings. The Balaban J connectivity index is 1.49. The van der Waals surface area contributed by atoms with Crippen molar-refractivity contribution in [2.45, 2.75) is 26.6 Å². The van der Waals surface area contributed by atoms with Crippen LogP contribution in [0.3, 0.4) is 0 Å². The summed E-state index contributed by atoms with van der Waals surface area (Å²) < 4.78 is 0. The molecule has 0 spiro atoms. The average Bonchev–Trinajstić information content (AvgIpc) is 3.19. The standard InChI is InChI=1S/C24H32ClN7O2/c1-14-10-16(11-15(2)21(14)33)13-27-23-20(22(26)34)24(30-29-23)28-17-4-5-19(18(25)12-17)32-8-6-31(3)7-9-32/h4-5,10-12,22,33-34H,6-9,13,26H2,1-3H3,(H3,27,28,29,30). The van der Waals surface area contributed by atoms with E-state index in [1.165, 1.54) is 0 Å². The molecule has 1 aliphatic heterocycles. The summed E-state index contributed by atoms with van der Waals surface area (Å²) in [5, 5.41) is 34.5. The summed E-state index contributed by atoms with van der Waals surface area (Å²) in [5.41, 5.74) is 10.6. The van der Waals surface area contributed by atoms with Gasteiger partial charge in [0.1, 0.15) is 17.8 Å². The number of nitrogens with two attached hydrogens (primary N) is 1. The van der Waals surface area contributed by atoms with Crippen LogP contribution < -0.4 is 21.3 Å². The molecule has 1 unspecified atom stereocenters. The highest BCUT2D eigenvalue weighted by atomic mass is 35.5. The first kappa shape index (κ1) is 24.2. The number of phenolic OH excluding ortho intramolecular Hbond substituents is 1. The van der Waals surface area contributed by atoms with Gasteiger partial charge in [0, 0.05) is 38.4 Å². The number of aromatic hydroxyl groups is 1. The highest BCUT2D eigenvalue weighted by Crippen LogP contribution is 2.33. The van der Waals surface area contributed by atoms with Gasteiger partial charge in [-0.25, -0.2) is 0 Å². The minimum Gasteiger partial charge on any atom is -0.507 e. The molecule has 0 aliphatic carbocycles. The van der Waals surface area contributed by atoms with Gasteiger partial charge in [0.25, 0.3) is 0 Å². The monoisotopic (exact) mass is 485 g/mol. The first-order chi connectivity index (χ1) is 16.2. The summed E-state index contributed by atoms with van der Waals surface area (Å²) in [6.07, 6.45) is -1.24. The highest BCUT2D eigenvalue weighted by molar-refractivity contribution is 6.33. The van der Waals surface area contributed by atoms with Crippen LogP contribution in [0.25, 0.3) is 0 Å². The molecule has 0 amide bonds. The van der Waals surface area contributed by atoms with Gasteiger partial charge in [-0.2, -0.15) is 5.10 Å². The Hall–Kier alpha value is -2.98. The summed E-state index contributed by atoms with van der Waals surface area (Å²) in [6, 6.07) is 9.62. The molecule has 182 valence electrons. The van der Waals surface area contributed by atoms with Crippen molar-refractivity contribution < 1.29 is 10.2 Å². The number of nitrogens with one attached hydrogen (secondary N) is 3. The van der Waals surface area contributed by atoms with Crippen LogP contribution in [0.15, 0.2) is 30.3 Å². The van der Waals surface area contributed by atoms with E-state index in [2.05, 4.69) is 37.7 Å². The van der Waals surface area contributed by atoms with E-state index in [4.69, 9.17) is 17.3 Å². The first-order valence-electron chi connectivity index (χ1n) is 11.3. The third-order valence-electron chi connectivity index (χ3n) is 6.17. The van der Waals surface area contributed by atoms with Crippen LogP contribution in [0.4, 0.5) is 23.0 Å². The van der Waals surface area contributed by atoms with Gasteiger partial charge in [0.15, 0.2) is 5.82 Å². The largest absolute Gasteiger partial charge is 0.507 e. The summed E-state index contributed by atoms with van der Waals surface area (Å²) in [7, 11) is 2.12. The Morgan fingerprint density at radius 3 is 2.44 bits per heavy atom. The highest BCUT2D eigenvalue weighted by Gasteiger charge is 2.20. The van der Waals surface area contributed by atoms with Crippen LogP contribution in [0.2, 0.25) is 5.02 Å². The van der Waals surface area contributed by atoms with Crippen molar-refractivity contribution in [3.8, 4) is 5.75 Å². The molecule has 3 aromatic rings. The Kier molecular flexibility index (Phi) is 7.18. The zero-order valence-electron chi connectivity index (χ0n) is 19.7. The molecule has 0 saturated carbocycles. The predicted octanol–water partition coefficient (Wildman–Crippen LogP) is 3.44. The van der Waals surface area contributed by atoms with Crippen LogP contribution in [0.5, 0.6) is 5.75 Å². The lowest BCUT2D eigenvalue weighted by atomic mass is 10.1. The number of aryl methyl sites for hydroxylation is 2. The van der Waals surface area contributed by atoms with Crippen LogP contribution in [-0.4, -0.2) is 58.5 Å². The fourth-order valence-corrected chi connectivity index (χ4v) is 4.53. The molecule has 4 rings (SSSR count). The van der Waals surface area contributed by atoms with Crippen molar-refractivity contribution in [3.05, 3.63) is 57.6 Å². The molecule has 1 atom stereocenters. The van der Waals surface area contributed by atoms with E-state index in [1.54, 1.807) is 0 Å². The number of aromatic nitrogens is 2. The quantitative estimate of drug-likeness (QED) is 0.281. The number of hydrogen-bond donors (Lipinski definition) is 6. The Bertz CT molecular complexity index is 1130. The molecule has 0 bridgehead atoms. The third-order valence-corrected chi connectivity index (χ3v) is 6.47. The number of aliphatic hydroxyl groups excluding tert-OH is 1. The fraction of sp³-hybridized carbons (Fsp3) is 0.375. The summed E-state index contributed by atoms with van der Waals surface area (Å²) >= 11 is 6.60. The van der Waals surface area contributed by atoms with Gasteiger partial charge >= 0.3 is 0 Å². The molecule has 7 N–H and O–H groups in total. The Morgan fingerprint density at radius 2 is 1.82 bits per heavy atom. The molecule has 2 heterocycles. The normalized spacial score (nSPS) is 15.4. The van der Waals surface area contributed by atoms with E-state index in [-0.39, 0.29) is 0 Å². The van der Waals surface area contributed by atoms with Crippen molar-refractivity contribution in [1.82, 2.24) is 15.1 Å². The van der Waals surface area contributed by atoms with Gasteiger partial charge in [-0.15, -0.1) is 0 Å². The number of piperazine rings is 1. The van der Waals surface area contributed by atoms with Gasteiger partial charge in [0.2, 0.25) is 0 Å². The molecule has 9 nitrogen and oxygen atoms in total. The second kappa shape index (κ2) is 10.1. The van der Waals surface area contributed by atoms with Crippen molar-refractivity contribution in [2.75, 3.05) is 48.8 Å². The van der Waals surface area contributed by atoms with Crippen molar-refractivity contribution >= 4 is 34.6 Å². The smallest absolute Gasteiger partial charge is 0.157 e. The number of phenols is 1. The Morgan fingerprint density at radius 1 is 1.15 bits per heavy atom. The van der Waals surface area contributed by atoms with E-state index in [0.717, 1.165) is 54.2 Å². The van der Waals surface area contributed by atoms with E-state index < -0.39 is 6.23 Å². The average molecular weight is 486 g/mol. The molecule has 1 aliphatic rings. The molecule has 2 aromatic carbocycles. The van der Waals surface area contributed by atoms with Crippen LogP contribution >= 0.6 is 11.6 Å². The summed E-state index contributed by atoms with van der Waals surface area (Å²) in [4.78, 5) is 4.58. The number of nitrogens with zero attached hydrogens (tertiary/aromatic N) is 3. The van der Waals surface area contributed by atoms with Gasteiger partial charge in [0.05, 0.1) is 16.3 Å². The van der Waals surface area contributed by atoms with Crippen LogP contribution in [-0.2, 0) is 6.54 Å². The predicted molar refractivity (Wildman–Crippen MR) is 137 cm³/mol. The maximum Gasteiger partial charge on any atom is 0.157 e. The minimum absolute atomic E-state index is 0.297. The molecule has 0 radical (unpaired) electrons. The molecule has 1 saturated heterocycles. The lowest BCUT2D eigenvalue weighted by Gasteiger charge is -2.34. The van der Waals surface area contributed by atoms with Gasteiger partial charge in [-0.1, -0.05) is 23.7 Å². The number of aromatic amines is 1. The van der Waals surface area contributed by atoms with E-state index in [0.29, 0.717) is 34.5 Å². The SMILES string of the molecule is Cc1cc(CNc2n[nH]c(Nc3ccc(N4CCN(C)CC4)c(Cl)c3)c2C(N)O)cc(C)c1O. The van der Waals surface area contributed by atoms with Gasteiger partial charge < -0.3 is 36.4 Å². The van der Waals surface area contributed by atoms with E-state index in [9.17, 15) is 10.2 Å². The lowest BCUT2D eigenvalue weighted by molar-refractivity contribution is 0.187. The third kappa shape index (κ3) is 5.23. The Labute approximate surface area is 204 Å². The van der Waals surface area contributed by atoms with E-state index >= 15 is 0 Å². The number of rotatable bonds is 7. The van der Waals surface area contributed by atoms with E-state index in [1.807, 2.05) is 44.2 Å². The molecular weight excluding hydrogens is 454 g/mol. The maximum atomic E-state index is 10.2. The minimum atomic E-state index is -1.24. The number of aliphatic hydroxyl groups is 1. The fourth-order valence-electron chi connectivity index (χ4n) is 4.23. The number of likely N-dealkylation sites (N-methyl/N-ethyl adjacent to an activating group) is 1. The zero-order valence-corrected chi connectivity index (χ0v) is 20.4. The molecule has 34 heavy (non-hydrogen) atoms. The maximum absolute atomic E-state index is 10.2. The summed E-state index contributed by atoms with van der Waals surface area (Å²) in [5.74, 6) is 1.23. The number of benzene rings is 2. The lowest BCUT2D eigenvalue weighted by Crippen LogP contribution is -2.44. The zero-order chi connectivity index (χ0) is 24.4. The second-order valence-electron chi connectivity index (χ2n) is 8.82. The topological polar surface area (TPSA) is 126 Å². The number of halogens is 1. The van der Waals surface area contributed by atoms with Gasteiger partial charge in [-0.05, 0) is 55.8 Å². The number of anilines is 4. The van der Waals surface area contributed by atoms with Crippen molar-refractivity contribution in [1.29, 1.82) is 0 Å². The second-order valence-corrected chi connectivity index (χ2v) is 9.23. The molecule has 1 aromatic heterocycles. The number of H-pyrrole nitrogens is 1. The molecular formula is C24H32ClN7O2. The molecule has 10 heteroatoms. The van der Waals surface area contributed by atoms with Crippen LogP contribution in [0.1, 0.15) is 28.5 Å².